The van der Waals surface area contributed by atoms with Gasteiger partial charge in [-0.1, -0.05) is 6.92 Å². The van der Waals surface area contributed by atoms with Crippen LogP contribution in [0.3, 0.4) is 0 Å². The maximum Gasteiger partial charge on any atom is 0.191 e. The molecule has 1 saturated heterocycles. The van der Waals surface area contributed by atoms with Crippen molar-refractivity contribution in [3.05, 3.63) is 23.3 Å². The van der Waals surface area contributed by atoms with Crippen molar-refractivity contribution in [3.63, 3.8) is 0 Å². The summed E-state index contributed by atoms with van der Waals surface area (Å²) in [6.45, 7) is 8.68. The molecule has 1 fully saturated rings. The highest BCUT2D eigenvalue weighted by atomic mass is 15.3. The van der Waals surface area contributed by atoms with E-state index in [1.54, 1.807) is 0 Å². The molecular formula is C14H23N5. The van der Waals surface area contributed by atoms with Gasteiger partial charge in [0.2, 0.25) is 0 Å². The van der Waals surface area contributed by atoms with Gasteiger partial charge in [0, 0.05) is 18.8 Å². The van der Waals surface area contributed by atoms with Crippen LogP contribution in [0.5, 0.6) is 0 Å². The van der Waals surface area contributed by atoms with E-state index in [0.717, 1.165) is 30.3 Å². The first-order chi connectivity index (χ1) is 9.04. The highest BCUT2D eigenvalue weighted by molar-refractivity contribution is 5.78. The Hall–Kier alpha value is -1.65. The molecular weight excluding hydrogens is 238 g/mol. The van der Waals surface area contributed by atoms with Crippen LogP contribution >= 0.6 is 0 Å². The van der Waals surface area contributed by atoms with E-state index in [2.05, 4.69) is 26.8 Å². The van der Waals surface area contributed by atoms with E-state index in [1.807, 2.05) is 19.9 Å². The molecule has 5 nitrogen and oxygen atoms in total. The van der Waals surface area contributed by atoms with Crippen molar-refractivity contribution in [1.29, 1.82) is 0 Å². The van der Waals surface area contributed by atoms with Gasteiger partial charge in [-0.15, -0.1) is 0 Å². The molecule has 0 aromatic carbocycles. The third kappa shape index (κ3) is 3.91. The van der Waals surface area contributed by atoms with Gasteiger partial charge in [0.05, 0.1) is 12.2 Å². The van der Waals surface area contributed by atoms with Crippen molar-refractivity contribution >= 4 is 5.96 Å². The van der Waals surface area contributed by atoms with Crippen LogP contribution in [0, 0.1) is 19.8 Å². The van der Waals surface area contributed by atoms with Crippen LogP contribution in [0.4, 0.5) is 0 Å². The third-order valence-electron chi connectivity index (χ3n) is 3.40. The lowest BCUT2D eigenvalue weighted by Crippen LogP contribution is -2.43. The lowest BCUT2D eigenvalue weighted by atomic mass is 10.0. The van der Waals surface area contributed by atoms with Crippen LogP contribution < -0.4 is 5.73 Å². The van der Waals surface area contributed by atoms with Crippen molar-refractivity contribution in [1.82, 2.24) is 14.9 Å². The molecule has 0 saturated carbocycles. The van der Waals surface area contributed by atoms with Crippen LogP contribution in [0.25, 0.3) is 0 Å². The number of nitrogens with two attached hydrogens (primary N) is 1. The molecule has 0 amide bonds. The second-order valence-electron chi connectivity index (χ2n) is 5.42. The summed E-state index contributed by atoms with van der Waals surface area (Å²) in [6.07, 6.45) is 2.48. The van der Waals surface area contributed by atoms with Crippen molar-refractivity contribution in [2.24, 2.45) is 16.6 Å². The molecule has 2 rings (SSSR count). The highest BCUT2D eigenvalue weighted by Gasteiger charge is 2.17. The van der Waals surface area contributed by atoms with Gasteiger partial charge in [-0.3, -0.25) is 0 Å². The zero-order valence-corrected chi connectivity index (χ0v) is 12.1. The second-order valence-corrected chi connectivity index (χ2v) is 5.42. The molecule has 2 heterocycles. The summed E-state index contributed by atoms with van der Waals surface area (Å²) in [4.78, 5) is 15.3. The Balaban J connectivity index is 2.00. The third-order valence-corrected chi connectivity index (χ3v) is 3.40. The van der Waals surface area contributed by atoms with Gasteiger partial charge >= 0.3 is 0 Å². The van der Waals surface area contributed by atoms with Gasteiger partial charge in [-0.2, -0.15) is 0 Å². The first kappa shape index (κ1) is 13.8. The SMILES string of the molecule is Cc1cc(CN=C(N)N2CCCC(C)C2)nc(C)n1. The Morgan fingerprint density at radius 2 is 2.26 bits per heavy atom. The molecule has 104 valence electrons. The summed E-state index contributed by atoms with van der Waals surface area (Å²) < 4.78 is 0. The number of nitrogens with zero attached hydrogens (tertiary/aromatic N) is 4. The number of rotatable bonds is 2. The minimum atomic E-state index is 0.529. The number of hydrogen-bond acceptors (Lipinski definition) is 3. The van der Waals surface area contributed by atoms with Crippen LogP contribution in [-0.2, 0) is 6.54 Å². The predicted octanol–water partition coefficient (Wildman–Crippen LogP) is 1.64. The Morgan fingerprint density at radius 3 is 2.95 bits per heavy atom. The number of piperidine rings is 1. The highest BCUT2D eigenvalue weighted by Crippen LogP contribution is 2.15. The monoisotopic (exact) mass is 261 g/mol. The fraction of sp³-hybridized carbons (Fsp3) is 0.643. The van der Waals surface area contributed by atoms with E-state index in [4.69, 9.17) is 5.73 Å². The maximum absolute atomic E-state index is 6.07. The fourth-order valence-electron chi connectivity index (χ4n) is 2.53. The summed E-state index contributed by atoms with van der Waals surface area (Å²) in [7, 11) is 0. The largest absolute Gasteiger partial charge is 0.370 e. The normalized spacial score (nSPS) is 20.7. The van der Waals surface area contributed by atoms with Crippen LogP contribution in [0.15, 0.2) is 11.1 Å². The van der Waals surface area contributed by atoms with E-state index in [9.17, 15) is 0 Å². The number of aryl methyl sites for hydroxylation is 2. The summed E-state index contributed by atoms with van der Waals surface area (Å²) >= 11 is 0. The molecule has 1 aliphatic heterocycles. The minimum absolute atomic E-state index is 0.529. The van der Waals surface area contributed by atoms with E-state index < -0.39 is 0 Å². The molecule has 1 unspecified atom stereocenters. The lowest BCUT2D eigenvalue weighted by molar-refractivity contribution is 0.270. The van der Waals surface area contributed by atoms with Gasteiger partial charge in [-0.25, -0.2) is 15.0 Å². The van der Waals surface area contributed by atoms with Crippen LogP contribution in [0.2, 0.25) is 0 Å². The molecule has 1 aromatic heterocycles. The van der Waals surface area contributed by atoms with E-state index in [1.165, 1.54) is 12.8 Å². The Morgan fingerprint density at radius 1 is 1.47 bits per heavy atom. The van der Waals surface area contributed by atoms with Crippen LogP contribution in [0.1, 0.15) is 37.0 Å². The second kappa shape index (κ2) is 5.99. The average molecular weight is 261 g/mol. The first-order valence-corrected chi connectivity index (χ1v) is 6.90. The Kier molecular flexibility index (Phi) is 4.35. The van der Waals surface area contributed by atoms with Gasteiger partial charge in [0.1, 0.15) is 5.82 Å². The van der Waals surface area contributed by atoms with Crippen molar-refractivity contribution in [2.45, 2.75) is 40.2 Å². The van der Waals surface area contributed by atoms with Crippen molar-refractivity contribution in [2.75, 3.05) is 13.1 Å². The molecule has 0 radical (unpaired) electrons. The van der Waals surface area contributed by atoms with Gasteiger partial charge < -0.3 is 10.6 Å². The first-order valence-electron chi connectivity index (χ1n) is 6.90. The van der Waals surface area contributed by atoms with Crippen molar-refractivity contribution < 1.29 is 0 Å². The summed E-state index contributed by atoms with van der Waals surface area (Å²) in [5.74, 6) is 2.13. The standard InChI is InChI=1S/C14H23N5/c1-10-5-4-6-19(9-10)14(15)16-8-13-7-11(2)17-12(3)18-13/h7,10H,4-6,8-9H2,1-3H3,(H2,15,16). The number of hydrogen-bond donors (Lipinski definition) is 1. The van der Waals surface area contributed by atoms with E-state index in [0.29, 0.717) is 18.4 Å². The minimum Gasteiger partial charge on any atom is -0.370 e. The van der Waals surface area contributed by atoms with Crippen LogP contribution in [-0.4, -0.2) is 33.9 Å². The molecule has 2 N–H and O–H groups in total. The van der Waals surface area contributed by atoms with E-state index >= 15 is 0 Å². The number of guanidine groups is 1. The fourth-order valence-corrected chi connectivity index (χ4v) is 2.53. The van der Waals surface area contributed by atoms with E-state index in [-0.39, 0.29) is 0 Å². The molecule has 19 heavy (non-hydrogen) atoms. The predicted molar refractivity (Wildman–Crippen MR) is 76.8 cm³/mol. The van der Waals surface area contributed by atoms with Gasteiger partial charge in [0.15, 0.2) is 5.96 Å². The smallest absolute Gasteiger partial charge is 0.191 e. The quantitative estimate of drug-likeness (QED) is 0.649. The molecule has 1 aromatic rings. The molecule has 0 aliphatic carbocycles. The van der Waals surface area contributed by atoms with Gasteiger partial charge in [0.25, 0.3) is 0 Å². The summed E-state index contributed by atoms with van der Waals surface area (Å²) in [5.41, 5.74) is 7.97. The molecule has 0 spiro atoms. The number of aliphatic imine (C=N–C) groups is 1. The van der Waals surface area contributed by atoms with Crippen molar-refractivity contribution in [3.8, 4) is 0 Å². The number of aromatic nitrogens is 2. The molecule has 0 bridgehead atoms. The Bertz CT molecular complexity index is 449. The topological polar surface area (TPSA) is 67.4 Å². The average Bonchev–Trinajstić information content (AvgIpc) is 2.35. The summed E-state index contributed by atoms with van der Waals surface area (Å²) in [5, 5.41) is 0. The van der Waals surface area contributed by atoms with Gasteiger partial charge in [-0.05, 0) is 38.7 Å². The summed E-state index contributed by atoms with van der Waals surface area (Å²) in [6, 6.07) is 1.96. The zero-order chi connectivity index (χ0) is 13.8. The molecule has 1 atom stereocenters. The number of likely N-dealkylation sites (tertiary alicyclic amines) is 1. The molecule has 5 heteroatoms. The maximum atomic E-state index is 6.07. The molecule has 1 aliphatic rings. The lowest BCUT2D eigenvalue weighted by Gasteiger charge is -2.31. The Labute approximate surface area is 115 Å². The zero-order valence-electron chi connectivity index (χ0n) is 12.1.